The summed E-state index contributed by atoms with van der Waals surface area (Å²) in [5.74, 6) is 0.390. The lowest BCUT2D eigenvalue weighted by atomic mass is 9.64. The zero-order valence-corrected chi connectivity index (χ0v) is 26.4. The Hall–Kier alpha value is -3.60. The van der Waals surface area contributed by atoms with Crippen molar-refractivity contribution in [1.29, 1.82) is 0 Å². The Kier molecular flexibility index (Phi) is 7.78. The van der Waals surface area contributed by atoms with Crippen LogP contribution in [-0.4, -0.2) is 90.7 Å². The number of methoxy groups -OCH3 is 1. The van der Waals surface area contributed by atoms with Gasteiger partial charge in [-0.15, -0.1) is 0 Å². The van der Waals surface area contributed by atoms with E-state index >= 15 is 0 Å². The fraction of sp³-hybridized carbons (Fsp3) is 0.647. The van der Waals surface area contributed by atoms with Crippen molar-refractivity contribution >= 4 is 23.7 Å². The quantitative estimate of drug-likeness (QED) is 0.407. The molecule has 1 aromatic carbocycles. The Morgan fingerprint density at radius 2 is 1.71 bits per heavy atom. The van der Waals surface area contributed by atoms with Crippen molar-refractivity contribution in [2.24, 2.45) is 29.1 Å². The maximum Gasteiger partial charge on any atom is 0.320 e. The molecule has 0 spiro atoms. The molecular formula is C34H43N3O8. The number of piperidine rings is 1. The molecule has 2 saturated carbocycles. The summed E-state index contributed by atoms with van der Waals surface area (Å²) in [7, 11) is 1.38. The van der Waals surface area contributed by atoms with Gasteiger partial charge in [-0.3, -0.25) is 19.2 Å². The van der Waals surface area contributed by atoms with Gasteiger partial charge >= 0.3 is 5.97 Å². The van der Waals surface area contributed by atoms with E-state index in [1.165, 1.54) is 7.11 Å². The summed E-state index contributed by atoms with van der Waals surface area (Å²) in [6, 6.07) is 5.59. The third kappa shape index (κ3) is 5.47. The van der Waals surface area contributed by atoms with Gasteiger partial charge in [-0.05, 0) is 67.7 Å². The summed E-state index contributed by atoms with van der Waals surface area (Å²) in [6.45, 7) is 6.38. The van der Waals surface area contributed by atoms with E-state index in [0.717, 1.165) is 31.2 Å². The zero-order chi connectivity index (χ0) is 31.5. The van der Waals surface area contributed by atoms with Crippen molar-refractivity contribution in [3.05, 3.63) is 35.5 Å². The summed E-state index contributed by atoms with van der Waals surface area (Å²) in [5.41, 5.74) is 0.229. The van der Waals surface area contributed by atoms with E-state index in [1.807, 2.05) is 29.2 Å². The number of benzene rings is 1. The van der Waals surface area contributed by atoms with Crippen molar-refractivity contribution in [2.45, 2.75) is 71.1 Å². The molecule has 11 nitrogen and oxygen atoms in total. The van der Waals surface area contributed by atoms with Crippen molar-refractivity contribution in [3.63, 3.8) is 0 Å². The number of ether oxygens (including phenoxy) is 4. The Morgan fingerprint density at radius 1 is 1.00 bits per heavy atom. The largest absolute Gasteiger partial charge is 0.468 e. The number of carbonyl (C=O) groups excluding carboxylic acids is 4. The minimum Gasteiger partial charge on any atom is -0.468 e. The van der Waals surface area contributed by atoms with Crippen LogP contribution in [0.15, 0.2) is 30.0 Å². The van der Waals surface area contributed by atoms with Gasteiger partial charge in [0.1, 0.15) is 5.41 Å². The standard InChI is InChI=1S/C34H43N3O8/c1-20(2)26-16-28-34(33(41)42-3,30(45-26)22-5-6-22)17-24(15-29(38)35-10-12-36(13-11-35)31(39)23-7-8-23)32(40)37(28)18-21-4-9-25-27(14-21)44-19-43-25/h4,9,14,16,20,22-24,26,30H,5-8,10-13,15,17-19H2,1-3H3/t24-,26+,30+,34+/m0/s1. The molecule has 6 aliphatic rings. The van der Waals surface area contributed by atoms with Crippen LogP contribution in [0.25, 0.3) is 0 Å². The van der Waals surface area contributed by atoms with Gasteiger partial charge in [-0.1, -0.05) is 19.9 Å². The molecule has 0 unspecified atom stereocenters. The summed E-state index contributed by atoms with van der Waals surface area (Å²) in [4.78, 5) is 60.2. The van der Waals surface area contributed by atoms with Crippen LogP contribution in [0.4, 0.5) is 0 Å². The Morgan fingerprint density at radius 3 is 2.38 bits per heavy atom. The van der Waals surface area contributed by atoms with Gasteiger partial charge in [0.2, 0.25) is 24.5 Å². The van der Waals surface area contributed by atoms with Gasteiger partial charge < -0.3 is 33.6 Å². The first-order valence-electron chi connectivity index (χ1n) is 16.4. The smallest absolute Gasteiger partial charge is 0.320 e. The highest BCUT2D eigenvalue weighted by Crippen LogP contribution is 2.57. The van der Waals surface area contributed by atoms with Gasteiger partial charge in [-0.2, -0.15) is 0 Å². The highest BCUT2D eigenvalue weighted by atomic mass is 16.7. The molecule has 2 saturated heterocycles. The molecule has 2 aliphatic carbocycles. The van der Waals surface area contributed by atoms with Crippen LogP contribution in [0.3, 0.4) is 0 Å². The van der Waals surface area contributed by atoms with E-state index in [9.17, 15) is 19.2 Å². The van der Waals surface area contributed by atoms with Crippen LogP contribution < -0.4 is 9.47 Å². The molecule has 242 valence electrons. The molecule has 3 amide bonds. The van der Waals surface area contributed by atoms with Gasteiger partial charge in [-0.25, -0.2) is 0 Å². The number of fused-ring (bicyclic) bond motifs is 2. The summed E-state index contributed by atoms with van der Waals surface area (Å²) < 4.78 is 23.3. The van der Waals surface area contributed by atoms with Crippen LogP contribution in [0.1, 0.15) is 57.9 Å². The Labute approximate surface area is 263 Å². The lowest BCUT2D eigenvalue weighted by molar-refractivity contribution is -0.182. The fourth-order valence-electron chi connectivity index (χ4n) is 7.54. The second-order valence-electron chi connectivity index (χ2n) is 13.8. The van der Waals surface area contributed by atoms with Gasteiger partial charge in [0.15, 0.2) is 11.5 Å². The first-order chi connectivity index (χ1) is 21.7. The predicted molar refractivity (Wildman–Crippen MR) is 160 cm³/mol. The van der Waals surface area contributed by atoms with E-state index in [4.69, 9.17) is 18.9 Å². The molecule has 4 aliphatic heterocycles. The highest BCUT2D eigenvalue weighted by molar-refractivity contribution is 5.93. The van der Waals surface area contributed by atoms with Gasteiger partial charge in [0, 0.05) is 50.1 Å². The van der Waals surface area contributed by atoms with Crippen LogP contribution in [0.2, 0.25) is 0 Å². The van der Waals surface area contributed by atoms with Crippen LogP contribution >= 0.6 is 0 Å². The number of nitrogens with zero attached hydrogens (tertiary/aromatic N) is 3. The molecule has 4 atom stereocenters. The van der Waals surface area contributed by atoms with E-state index in [0.29, 0.717) is 43.4 Å². The molecule has 45 heavy (non-hydrogen) atoms. The lowest BCUT2D eigenvalue weighted by Gasteiger charge is -2.53. The topological polar surface area (TPSA) is 115 Å². The summed E-state index contributed by atoms with van der Waals surface area (Å²) in [5, 5.41) is 0. The number of amides is 3. The average Bonchev–Trinajstić information content (AvgIpc) is 3.99. The summed E-state index contributed by atoms with van der Waals surface area (Å²) >= 11 is 0. The molecule has 4 fully saturated rings. The second-order valence-corrected chi connectivity index (χ2v) is 13.8. The number of piperazine rings is 1. The molecule has 0 N–H and O–H groups in total. The number of carbonyl (C=O) groups is 4. The average molecular weight is 622 g/mol. The van der Waals surface area contributed by atoms with E-state index in [2.05, 4.69) is 13.8 Å². The first kappa shape index (κ1) is 30.1. The fourth-order valence-corrected chi connectivity index (χ4v) is 7.54. The van der Waals surface area contributed by atoms with Crippen molar-refractivity contribution in [2.75, 3.05) is 40.1 Å². The zero-order valence-electron chi connectivity index (χ0n) is 26.4. The molecule has 4 heterocycles. The number of hydrogen-bond acceptors (Lipinski definition) is 8. The first-order valence-corrected chi connectivity index (χ1v) is 16.4. The molecule has 0 aromatic heterocycles. The van der Waals surface area contributed by atoms with Crippen molar-refractivity contribution in [3.8, 4) is 11.5 Å². The molecule has 11 heteroatoms. The Bertz CT molecular complexity index is 1410. The van der Waals surface area contributed by atoms with Crippen molar-refractivity contribution in [1.82, 2.24) is 14.7 Å². The minimum absolute atomic E-state index is 0.0237. The monoisotopic (exact) mass is 621 g/mol. The van der Waals surface area contributed by atoms with Crippen molar-refractivity contribution < 1.29 is 38.1 Å². The lowest BCUT2D eigenvalue weighted by Crippen LogP contribution is -2.62. The maximum atomic E-state index is 14.5. The minimum atomic E-state index is -1.22. The molecular weight excluding hydrogens is 578 g/mol. The Balaban J connectivity index is 1.21. The highest BCUT2D eigenvalue weighted by Gasteiger charge is 2.64. The third-order valence-electron chi connectivity index (χ3n) is 10.4. The number of likely N-dealkylation sites (tertiary alicyclic amines) is 1. The van der Waals surface area contributed by atoms with Gasteiger partial charge in [0.05, 0.1) is 25.9 Å². The van der Waals surface area contributed by atoms with E-state index in [1.54, 1.807) is 9.80 Å². The second kappa shape index (κ2) is 11.6. The molecule has 7 rings (SSSR count). The molecule has 1 aromatic rings. The SMILES string of the molecule is COC(=O)[C@]12C[C@H](CC(=O)N3CCN(C(=O)C4CC4)CC3)C(=O)N(Cc3ccc4c(c3)OCO4)C1=C[C@H](C(C)C)O[C@@H]2C1CC1. The molecule has 0 bridgehead atoms. The van der Waals surface area contributed by atoms with E-state index < -0.39 is 23.4 Å². The van der Waals surface area contributed by atoms with Crippen LogP contribution in [-0.2, 0) is 35.2 Å². The van der Waals surface area contributed by atoms with Crippen LogP contribution in [0, 0.1) is 29.1 Å². The van der Waals surface area contributed by atoms with Gasteiger partial charge in [0.25, 0.3) is 0 Å². The number of esters is 1. The summed E-state index contributed by atoms with van der Waals surface area (Å²) in [6.07, 6.45) is 5.11. The normalized spacial score (nSPS) is 29.4. The molecule has 0 radical (unpaired) electrons. The number of hydrogen-bond donors (Lipinski definition) is 0. The van der Waals surface area contributed by atoms with E-state index in [-0.39, 0.29) is 67.8 Å². The van der Waals surface area contributed by atoms with Crippen LogP contribution in [0.5, 0.6) is 11.5 Å². The maximum absolute atomic E-state index is 14.5. The number of rotatable bonds is 8. The third-order valence-corrected chi connectivity index (χ3v) is 10.4. The predicted octanol–water partition coefficient (Wildman–Crippen LogP) is 3.11.